The molecule has 2 aliphatic carbocycles. The molecule has 1 nitrogen and oxygen atoms in total. The van der Waals surface area contributed by atoms with Gasteiger partial charge in [0.15, 0.2) is 0 Å². The predicted octanol–water partition coefficient (Wildman–Crippen LogP) is 3.24. The lowest BCUT2D eigenvalue weighted by molar-refractivity contribution is 0.244. The molecule has 2 aliphatic rings. The second kappa shape index (κ2) is 4.21. The Labute approximate surface area is 98.3 Å². The Hall–Kier alpha value is -0.820. The Bertz CT molecular complexity index is 367. The lowest BCUT2D eigenvalue weighted by Crippen LogP contribution is -2.35. The minimum Gasteiger partial charge on any atom is -0.314 e. The maximum atomic E-state index is 3.68. The number of aryl methyl sites for hydroxylation is 1. The summed E-state index contributed by atoms with van der Waals surface area (Å²) < 4.78 is 0. The molecule has 1 aromatic carbocycles. The van der Waals surface area contributed by atoms with Crippen LogP contribution in [0.3, 0.4) is 0 Å². The van der Waals surface area contributed by atoms with Gasteiger partial charge in [0.1, 0.15) is 0 Å². The van der Waals surface area contributed by atoms with Crippen LogP contribution in [0, 0.1) is 12.8 Å². The van der Waals surface area contributed by atoms with Crippen LogP contribution in [0.1, 0.15) is 42.7 Å². The first kappa shape index (κ1) is 10.3. The van der Waals surface area contributed by atoms with Crippen LogP contribution in [0.4, 0.5) is 0 Å². The van der Waals surface area contributed by atoms with Gasteiger partial charge in [-0.3, -0.25) is 0 Å². The van der Waals surface area contributed by atoms with Gasteiger partial charge in [-0.25, -0.2) is 0 Å². The van der Waals surface area contributed by atoms with E-state index < -0.39 is 0 Å². The quantitative estimate of drug-likeness (QED) is 0.813. The lowest BCUT2D eigenvalue weighted by atomic mass is 9.69. The second-order valence-corrected chi connectivity index (χ2v) is 5.48. The van der Waals surface area contributed by atoms with Gasteiger partial charge in [-0.05, 0) is 62.1 Å². The summed E-state index contributed by atoms with van der Waals surface area (Å²) in [7, 11) is 0. The fraction of sp³-hybridized carbons (Fsp3) is 0.600. The van der Waals surface area contributed by atoms with E-state index >= 15 is 0 Å². The normalized spacial score (nSPS) is 28.8. The molecule has 0 saturated heterocycles. The summed E-state index contributed by atoms with van der Waals surface area (Å²) >= 11 is 0. The average Bonchev–Trinajstić information content (AvgIpc) is 3.04. The van der Waals surface area contributed by atoms with Crippen molar-refractivity contribution in [2.24, 2.45) is 5.92 Å². The van der Waals surface area contributed by atoms with E-state index in [9.17, 15) is 0 Å². The number of nitrogens with one attached hydrogen (secondary N) is 1. The highest BCUT2D eigenvalue weighted by Gasteiger charge is 2.33. The van der Waals surface area contributed by atoms with E-state index in [1.54, 1.807) is 5.56 Å². The van der Waals surface area contributed by atoms with Crippen LogP contribution in [-0.4, -0.2) is 12.6 Å². The molecule has 2 fully saturated rings. The summed E-state index contributed by atoms with van der Waals surface area (Å²) in [5.41, 5.74) is 3.07. The van der Waals surface area contributed by atoms with Gasteiger partial charge in [0.05, 0.1) is 0 Å². The van der Waals surface area contributed by atoms with E-state index in [1.165, 1.54) is 37.8 Å². The van der Waals surface area contributed by atoms with Gasteiger partial charge in [-0.2, -0.15) is 0 Å². The highest BCUT2D eigenvalue weighted by Crippen LogP contribution is 2.43. The van der Waals surface area contributed by atoms with Crippen molar-refractivity contribution in [1.29, 1.82) is 0 Å². The van der Waals surface area contributed by atoms with Gasteiger partial charge in [0.2, 0.25) is 0 Å². The monoisotopic (exact) mass is 215 g/mol. The first-order valence-electron chi connectivity index (χ1n) is 6.63. The molecule has 2 unspecified atom stereocenters. The van der Waals surface area contributed by atoms with Crippen LogP contribution < -0.4 is 5.32 Å². The largest absolute Gasteiger partial charge is 0.314 e. The summed E-state index contributed by atoms with van der Waals surface area (Å²) in [6.45, 7) is 3.49. The topological polar surface area (TPSA) is 12.0 Å². The molecule has 0 spiro atoms. The molecule has 0 bridgehead atoms. The molecule has 0 amide bonds. The Kier molecular flexibility index (Phi) is 2.72. The minimum absolute atomic E-state index is 0.826. The molecular formula is C15H21N. The SMILES string of the molecule is Cc1ccccc1C1CCC1CNC1CC1. The van der Waals surface area contributed by atoms with Crippen molar-refractivity contribution < 1.29 is 0 Å². The zero-order valence-electron chi connectivity index (χ0n) is 10.1. The van der Waals surface area contributed by atoms with E-state index in [0.717, 1.165) is 17.9 Å². The molecule has 2 saturated carbocycles. The molecule has 0 aromatic heterocycles. The van der Waals surface area contributed by atoms with Crippen molar-refractivity contribution in [3.05, 3.63) is 35.4 Å². The molecule has 0 aliphatic heterocycles. The molecule has 3 rings (SSSR count). The summed E-state index contributed by atoms with van der Waals surface area (Å²) in [5.74, 6) is 1.72. The van der Waals surface area contributed by atoms with Gasteiger partial charge in [-0.1, -0.05) is 24.3 Å². The van der Waals surface area contributed by atoms with E-state index in [2.05, 4.69) is 36.5 Å². The molecule has 1 heteroatoms. The summed E-state index contributed by atoms with van der Waals surface area (Å²) in [6.07, 6.45) is 5.62. The van der Waals surface area contributed by atoms with Crippen LogP contribution in [0.2, 0.25) is 0 Å². The van der Waals surface area contributed by atoms with Crippen molar-refractivity contribution in [3.8, 4) is 0 Å². The maximum absolute atomic E-state index is 3.68. The summed E-state index contributed by atoms with van der Waals surface area (Å²) in [4.78, 5) is 0. The highest BCUT2D eigenvalue weighted by atomic mass is 14.9. The van der Waals surface area contributed by atoms with E-state index in [0.29, 0.717) is 0 Å². The third-order valence-corrected chi connectivity index (χ3v) is 4.25. The van der Waals surface area contributed by atoms with E-state index in [4.69, 9.17) is 0 Å². The van der Waals surface area contributed by atoms with Crippen molar-refractivity contribution in [2.45, 2.75) is 44.6 Å². The van der Waals surface area contributed by atoms with Crippen LogP contribution >= 0.6 is 0 Å². The molecular weight excluding hydrogens is 194 g/mol. The minimum atomic E-state index is 0.826. The number of benzene rings is 1. The third-order valence-electron chi connectivity index (χ3n) is 4.25. The smallest absolute Gasteiger partial charge is 0.00683 e. The summed E-state index contributed by atoms with van der Waals surface area (Å²) in [5, 5.41) is 3.68. The Morgan fingerprint density at radius 1 is 1.12 bits per heavy atom. The predicted molar refractivity (Wildman–Crippen MR) is 67.7 cm³/mol. The number of hydrogen-bond donors (Lipinski definition) is 1. The van der Waals surface area contributed by atoms with Crippen molar-refractivity contribution in [2.75, 3.05) is 6.54 Å². The van der Waals surface area contributed by atoms with Crippen molar-refractivity contribution in [1.82, 2.24) is 5.32 Å². The zero-order chi connectivity index (χ0) is 11.0. The Morgan fingerprint density at radius 2 is 1.94 bits per heavy atom. The molecule has 0 heterocycles. The fourth-order valence-electron chi connectivity index (χ4n) is 2.83. The Morgan fingerprint density at radius 3 is 2.56 bits per heavy atom. The van der Waals surface area contributed by atoms with E-state index in [1.807, 2.05) is 0 Å². The molecule has 86 valence electrons. The van der Waals surface area contributed by atoms with Gasteiger partial charge < -0.3 is 5.32 Å². The van der Waals surface area contributed by atoms with Crippen molar-refractivity contribution >= 4 is 0 Å². The third kappa shape index (κ3) is 2.01. The standard InChI is InChI=1S/C15H21N/c1-11-4-2-3-5-14(11)15-9-6-12(15)10-16-13-7-8-13/h2-5,12-13,15-16H,6-10H2,1H3. The second-order valence-electron chi connectivity index (χ2n) is 5.48. The zero-order valence-corrected chi connectivity index (χ0v) is 10.1. The van der Waals surface area contributed by atoms with Gasteiger partial charge >= 0.3 is 0 Å². The van der Waals surface area contributed by atoms with Gasteiger partial charge in [0.25, 0.3) is 0 Å². The van der Waals surface area contributed by atoms with Gasteiger partial charge in [-0.15, -0.1) is 0 Å². The average molecular weight is 215 g/mol. The lowest BCUT2D eigenvalue weighted by Gasteiger charge is -2.38. The Balaban J connectivity index is 1.63. The summed E-state index contributed by atoms with van der Waals surface area (Å²) in [6, 6.07) is 9.77. The van der Waals surface area contributed by atoms with Crippen molar-refractivity contribution in [3.63, 3.8) is 0 Å². The fourth-order valence-corrected chi connectivity index (χ4v) is 2.83. The highest BCUT2D eigenvalue weighted by molar-refractivity contribution is 5.31. The first-order valence-corrected chi connectivity index (χ1v) is 6.63. The van der Waals surface area contributed by atoms with E-state index in [-0.39, 0.29) is 0 Å². The number of hydrogen-bond acceptors (Lipinski definition) is 1. The van der Waals surface area contributed by atoms with Crippen LogP contribution in [-0.2, 0) is 0 Å². The molecule has 1 aromatic rings. The molecule has 0 radical (unpaired) electrons. The van der Waals surface area contributed by atoms with Crippen LogP contribution in [0.25, 0.3) is 0 Å². The molecule has 1 N–H and O–H groups in total. The van der Waals surface area contributed by atoms with Gasteiger partial charge in [0, 0.05) is 6.04 Å². The number of rotatable bonds is 4. The van der Waals surface area contributed by atoms with Crippen LogP contribution in [0.5, 0.6) is 0 Å². The first-order chi connectivity index (χ1) is 7.84. The van der Waals surface area contributed by atoms with Crippen LogP contribution in [0.15, 0.2) is 24.3 Å². The molecule has 16 heavy (non-hydrogen) atoms. The maximum Gasteiger partial charge on any atom is 0.00683 e. The molecule has 2 atom stereocenters.